The zero-order chi connectivity index (χ0) is 16.3. The molecule has 0 spiro atoms. The van der Waals surface area contributed by atoms with Gasteiger partial charge in [-0.15, -0.1) is 5.10 Å². The Morgan fingerprint density at radius 3 is 2.59 bits per heavy atom. The number of rotatable bonds is 5. The van der Waals surface area contributed by atoms with E-state index in [1.165, 1.54) is 7.11 Å². The van der Waals surface area contributed by atoms with Gasteiger partial charge in [-0.05, 0) is 12.1 Å². The van der Waals surface area contributed by atoms with Gasteiger partial charge in [0.25, 0.3) is 0 Å². The summed E-state index contributed by atoms with van der Waals surface area (Å²) < 4.78 is 5.87. The Labute approximate surface area is 134 Å². The van der Waals surface area contributed by atoms with E-state index in [-0.39, 0.29) is 33.8 Å². The van der Waals surface area contributed by atoms with Crippen LogP contribution in [0.15, 0.2) is 24.4 Å². The van der Waals surface area contributed by atoms with Crippen LogP contribution in [0.5, 0.6) is 5.88 Å². The highest BCUT2D eigenvalue weighted by atomic mass is 35.5. The fourth-order valence-electron chi connectivity index (χ4n) is 1.69. The molecule has 0 aliphatic rings. The van der Waals surface area contributed by atoms with Crippen LogP contribution in [-0.2, 0) is 11.3 Å². The van der Waals surface area contributed by atoms with Gasteiger partial charge in [-0.3, -0.25) is 19.6 Å². The zero-order valence-electron chi connectivity index (χ0n) is 11.2. The SMILES string of the molecule is COc1nn(CC(=O)Nc2c(Cl)cccc2Cl)cc1[N+](=O)[O-]. The van der Waals surface area contributed by atoms with Gasteiger partial charge in [0, 0.05) is 0 Å². The number of benzene rings is 1. The number of para-hydroxylation sites is 1. The fourth-order valence-corrected chi connectivity index (χ4v) is 2.18. The molecule has 0 aliphatic heterocycles. The molecule has 1 N–H and O–H groups in total. The van der Waals surface area contributed by atoms with E-state index in [0.29, 0.717) is 0 Å². The number of aromatic nitrogens is 2. The highest BCUT2D eigenvalue weighted by Gasteiger charge is 2.21. The number of carbonyl (C=O) groups is 1. The number of amides is 1. The molecule has 0 atom stereocenters. The summed E-state index contributed by atoms with van der Waals surface area (Å²) in [5, 5.41) is 17.7. The number of halogens is 2. The van der Waals surface area contributed by atoms with Crippen LogP contribution < -0.4 is 10.1 Å². The summed E-state index contributed by atoms with van der Waals surface area (Å²) in [6, 6.07) is 4.79. The molecule has 1 aromatic carbocycles. The Morgan fingerprint density at radius 2 is 2.09 bits per heavy atom. The standard InChI is InChI=1S/C12H10Cl2N4O4/c1-22-12-9(18(20)21)5-17(16-12)6-10(19)15-11-7(13)3-2-4-8(11)14/h2-5H,6H2,1H3,(H,15,19). The molecule has 0 aliphatic carbocycles. The first kappa shape index (κ1) is 16.1. The van der Waals surface area contributed by atoms with Gasteiger partial charge in [0.05, 0.1) is 27.8 Å². The van der Waals surface area contributed by atoms with E-state index in [1.54, 1.807) is 18.2 Å². The summed E-state index contributed by atoms with van der Waals surface area (Å²) in [5.41, 5.74) is -0.0597. The minimum atomic E-state index is -0.648. The predicted molar refractivity (Wildman–Crippen MR) is 80.5 cm³/mol. The van der Waals surface area contributed by atoms with Gasteiger partial charge in [-0.2, -0.15) is 0 Å². The van der Waals surface area contributed by atoms with Crippen molar-refractivity contribution in [3.63, 3.8) is 0 Å². The quantitative estimate of drug-likeness (QED) is 0.663. The van der Waals surface area contributed by atoms with Crippen LogP contribution in [0.1, 0.15) is 0 Å². The number of nitro groups is 1. The maximum Gasteiger partial charge on any atom is 0.350 e. The summed E-state index contributed by atoms with van der Waals surface area (Å²) in [4.78, 5) is 22.1. The van der Waals surface area contributed by atoms with Crippen molar-refractivity contribution < 1.29 is 14.5 Å². The van der Waals surface area contributed by atoms with E-state index in [9.17, 15) is 14.9 Å². The minimum absolute atomic E-state index is 0.173. The molecule has 0 saturated carbocycles. The number of carbonyl (C=O) groups excluding carboxylic acids is 1. The molecular formula is C12H10Cl2N4O4. The maximum atomic E-state index is 12.0. The van der Waals surface area contributed by atoms with Gasteiger partial charge < -0.3 is 10.1 Å². The molecule has 1 heterocycles. The number of hydrogen-bond donors (Lipinski definition) is 1. The first-order valence-corrected chi connectivity index (χ1v) is 6.67. The molecule has 22 heavy (non-hydrogen) atoms. The largest absolute Gasteiger partial charge is 0.475 e. The predicted octanol–water partition coefficient (Wildman–Crippen LogP) is 2.75. The number of anilines is 1. The van der Waals surface area contributed by atoms with Crippen molar-refractivity contribution in [3.8, 4) is 5.88 Å². The van der Waals surface area contributed by atoms with Crippen LogP contribution in [0, 0.1) is 10.1 Å². The van der Waals surface area contributed by atoms with Crippen LogP contribution in [-0.4, -0.2) is 27.7 Å². The van der Waals surface area contributed by atoms with E-state index < -0.39 is 10.8 Å². The molecule has 0 fully saturated rings. The van der Waals surface area contributed by atoms with Gasteiger partial charge in [-0.1, -0.05) is 29.3 Å². The molecule has 0 unspecified atom stereocenters. The lowest BCUT2D eigenvalue weighted by Gasteiger charge is -2.08. The van der Waals surface area contributed by atoms with Crippen LogP contribution in [0.4, 0.5) is 11.4 Å². The number of ether oxygens (including phenoxy) is 1. The Bertz CT molecular complexity index is 712. The second-order valence-electron chi connectivity index (χ2n) is 4.12. The third kappa shape index (κ3) is 3.46. The number of nitrogens with one attached hydrogen (secondary N) is 1. The van der Waals surface area contributed by atoms with Crippen LogP contribution in [0.2, 0.25) is 10.0 Å². The molecule has 116 valence electrons. The van der Waals surface area contributed by atoms with Crippen LogP contribution in [0.3, 0.4) is 0 Å². The first-order valence-electron chi connectivity index (χ1n) is 5.92. The van der Waals surface area contributed by atoms with Gasteiger partial charge in [-0.25, -0.2) is 0 Å². The van der Waals surface area contributed by atoms with Crippen molar-refractivity contribution >= 4 is 40.5 Å². The number of nitrogens with zero attached hydrogens (tertiary/aromatic N) is 3. The average Bonchev–Trinajstić information content (AvgIpc) is 2.86. The number of hydrogen-bond acceptors (Lipinski definition) is 5. The topological polar surface area (TPSA) is 99.3 Å². The van der Waals surface area contributed by atoms with Crippen molar-refractivity contribution in [2.24, 2.45) is 0 Å². The maximum absolute atomic E-state index is 12.0. The minimum Gasteiger partial charge on any atom is -0.475 e. The molecule has 2 aromatic rings. The van der Waals surface area contributed by atoms with Gasteiger partial charge in [0.1, 0.15) is 12.7 Å². The molecule has 1 aromatic heterocycles. The van der Waals surface area contributed by atoms with E-state index in [0.717, 1.165) is 10.9 Å². The first-order chi connectivity index (χ1) is 10.4. The van der Waals surface area contributed by atoms with Crippen LogP contribution >= 0.6 is 23.2 Å². The van der Waals surface area contributed by atoms with E-state index in [2.05, 4.69) is 10.4 Å². The van der Waals surface area contributed by atoms with E-state index >= 15 is 0 Å². The van der Waals surface area contributed by atoms with Crippen molar-refractivity contribution in [1.82, 2.24) is 9.78 Å². The van der Waals surface area contributed by atoms with E-state index in [4.69, 9.17) is 27.9 Å². The fraction of sp³-hybridized carbons (Fsp3) is 0.167. The summed E-state index contributed by atoms with van der Waals surface area (Å²) >= 11 is 11.9. The van der Waals surface area contributed by atoms with Crippen molar-refractivity contribution in [2.75, 3.05) is 12.4 Å². The van der Waals surface area contributed by atoms with Gasteiger partial charge in [0.15, 0.2) is 0 Å². The summed E-state index contributed by atoms with van der Waals surface area (Å²) in [6.07, 6.45) is 1.10. The summed E-state index contributed by atoms with van der Waals surface area (Å²) in [7, 11) is 1.25. The lowest BCUT2D eigenvalue weighted by molar-refractivity contribution is -0.385. The van der Waals surface area contributed by atoms with Crippen molar-refractivity contribution in [2.45, 2.75) is 6.54 Å². The third-order valence-corrected chi connectivity index (χ3v) is 3.26. The second-order valence-corrected chi connectivity index (χ2v) is 4.94. The zero-order valence-corrected chi connectivity index (χ0v) is 12.8. The Morgan fingerprint density at radius 1 is 1.45 bits per heavy atom. The molecule has 0 bridgehead atoms. The van der Waals surface area contributed by atoms with Crippen molar-refractivity contribution in [1.29, 1.82) is 0 Å². The molecule has 0 saturated heterocycles. The molecule has 8 nitrogen and oxygen atoms in total. The smallest absolute Gasteiger partial charge is 0.350 e. The third-order valence-electron chi connectivity index (χ3n) is 2.63. The molecule has 10 heteroatoms. The Hall–Kier alpha value is -2.32. The second kappa shape index (κ2) is 6.63. The van der Waals surface area contributed by atoms with Gasteiger partial charge >= 0.3 is 11.6 Å². The monoisotopic (exact) mass is 344 g/mol. The summed E-state index contributed by atoms with van der Waals surface area (Å²) in [5.74, 6) is -0.663. The molecule has 2 rings (SSSR count). The molecule has 0 radical (unpaired) electrons. The highest BCUT2D eigenvalue weighted by molar-refractivity contribution is 6.39. The van der Waals surface area contributed by atoms with Crippen LogP contribution in [0.25, 0.3) is 0 Å². The average molecular weight is 345 g/mol. The normalized spacial score (nSPS) is 10.3. The lowest BCUT2D eigenvalue weighted by Crippen LogP contribution is -2.19. The molecular weight excluding hydrogens is 335 g/mol. The van der Waals surface area contributed by atoms with Gasteiger partial charge in [0.2, 0.25) is 5.91 Å². The highest BCUT2D eigenvalue weighted by Crippen LogP contribution is 2.30. The molecule has 1 amide bonds. The Balaban J connectivity index is 2.14. The van der Waals surface area contributed by atoms with E-state index in [1.807, 2.05) is 0 Å². The Kier molecular flexibility index (Phi) is 4.84. The lowest BCUT2D eigenvalue weighted by atomic mass is 10.3. The number of methoxy groups -OCH3 is 1. The van der Waals surface area contributed by atoms with Crippen molar-refractivity contribution in [3.05, 3.63) is 44.6 Å². The summed E-state index contributed by atoms with van der Waals surface area (Å²) in [6.45, 7) is -0.258.